The van der Waals surface area contributed by atoms with Crippen LogP contribution in [0.2, 0.25) is 0 Å². The van der Waals surface area contributed by atoms with E-state index in [1.54, 1.807) is 30.3 Å². The fourth-order valence-corrected chi connectivity index (χ4v) is 3.16. The molecule has 0 radical (unpaired) electrons. The summed E-state index contributed by atoms with van der Waals surface area (Å²) in [6, 6.07) is 24.0. The van der Waals surface area contributed by atoms with Crippen LogP contribution < -0.4 is 5.32 Å². The van der Waals surface area contributed by atoms with Crippen molar-refractivity contribution in [2.24, 2.45) is 0 Å². The quantitative estimate of drug-likeness (QED) is 0.360. The van der Waals surface area contributed by atoms with Gasteiger partial charge in [-0.25, -0.2) is 0 Å². The van der Waals surface area contributed by atoms with Crippen molar-refractivity contribution in [2.45, 2.75) is 6.92 Å². The summed E-state index contributed by atoms with van der Waals surface area (Å²) in [6.07, 6.45) is 3.23. The highest BCUT2D eigenvalue weighted by Crippen LogP contribution is 2.29. The van der Waals surface area contributed by atoms with Gasteiger partial charge < -0.3 is 9.73 Å². The number of rotatable bonds is 5. The maximum absolute atomic E-state index is 12.7. The van der Waals surface area contributed by atoms with Gasteiger partial charge >= 0.3 is 0 Å². The Labute approximate surface area is 168 Å². The first kappa shape index (κ1) is 18.4. The highest BCUT2D eigenvalue weighted by Gasteiger charge is 2.19. The van der Waals surface area contributed by atoms with Crippen molar-refractivity contribution in [1.82, 2.24) is 0 Å². The number of benzene rings is 3. The predicted octanol–water partition coefficient (Wildman–Crippen LogP) is 5.62. The zero-order chi connectivity index (χ0) is 20.2. The molecule has 1 N–H and O–H groups in total. The van der Waals surface area contributed by atoms with E-state index in [0.717, 1.165) is 16.5 Å². The lowest BCUT2D eigenvalue weighted by atomic mass is 10.0. The van der Waals surface area contributed by atoms with Gasteiger partial charge in [-0.2, -0.15) is 0 Å². The molecule has 4 nitrogen and oxygen atoms in total. The lowest BCUT2D eigenvalue weighted by Crippen LogP contribution is -2.07. The zero-order valence-electron chi connectivity index (χ0n) is 15.9. The van der Waals surface area contributed by atoms with Gasteiger partial charge in [0.2, 0.25) is 11.7 Å². The molecule has 0 bridgehead atoms. The standard InChI is InChI=1S/C25H19NO3/c1-17-21-14-13-20(26-23(27)15-12-18-8-4-2-5-9-18)16-22(21)29-25(17)24(28)19-10-6-3-7-11-19/h2-16H,1H3,(H,26,27)/b15-12+. The van der Waals surface area contributed by atoms with E-state index < -0.39 is 0 Å². The molecule has 0 aliphatic carbocycles. The smallest absolute Gasteiger partial charge is 0.248 e. The molecule has 0 spiro atoms. The predicted molar refractivity (Wildman–Crippen MR) is 115 cm³/mol. The summed E-state index contributed by atoms with van der Waals surface area (Å²) >= 11 is 0. The summed E-state index contributed by atoms with van der Waals surface area (Å²) in [5, 5.41) is 3.67. The number of furan rings is 1. The van der Waals surface area contributed by atoms with Gasteiger partial charge in [-0.15, -0.1) is 0 Å². The number of carbonyl (C=O) groups is 2. The number of nitrogens with one attached hydrogen (secondary N) is 1. The van der Waals surface area contributed by atoms with Crippen LogP contribution in [0.1, 0.15) is 27.2 Å². The number of fused-ring (bicyclic) bond motifs is 1. The van der Waals surface area contributed by atoms with Crippen LogP contribution in [0.25, 0.3) is 17.0 Å². The molecule has 0 aliphatic heterocycles. The summed E-state index contributed by atoms with van der Waals surface area (Å²) in [4.78, 5) is 25.0. The molecule has 3 aromatic carbocycles. The molecule has 0 saturated carbocycles. The Hall–Kier alpha value is -3.92. The van der Waals surface area contributed by atoms with E-state index in [1.165, 1.54) is 6.08 Å². The monoisotopic (exact) mass is 381 g/mol. The van der Waals surface area contributed by atoms with Gasteiger partial charge in [-0.3, -0.25) is 9.59 Å². The molecule has 0 saturated heterocycles. The highest BCUT2D eigenvalue weighted by molar-refractivity contribution is 6.11. The molecule has 0 aliphatic rings. The van der Waals surface area contributed by atoms with E-state index in [9.17, 15) is 9.59 Å². The Morgan fingerprint density at radius 2 is 1.59 bits per heavy atom. The van der Waals surface area contributed by atoms with Crippen LogP contribution in [-0.2, 0) is 4.79 Å². The molecule has 1 aromatic heterocycles. The van der Waals surface area contributed by atoms with Gasteiger partial charge in [0, 0.05) is 34.3 Å². The van der Waals surface area contributed by atoms with Gasteiger partial charge in [0.1, 0.15) is 5.58 Å². The maximum Gasteiger partial charge on any atom is 0.248 e. The molecule has 4 aromatic rings. The molecule has 29 heavy (non-hydrogen) atoms. The molecule has 142 valence electrons. The average molecular weight is 381 g/mol. The van der Waals surface area contributed by atoms with E-state index in [2.05, 4.69) is 5.32 Å². The third kappa shape index (κ3) is 4.01. The Bertz CT molecular complexity index is 1210. The summed E-state index contributed by atoms with van der Waals surface area (Å²) in [5.74, 6) is -0.0774. The Morgan fingerprint density at radius 3 is 2.31 bits per heavy atom. The molecule has 4 rings (SSSR count). The lowest BCUT2D eigenvalue weighted by molar-refractivity contribution is -0.111. The first-order chi connectivity index (χ1) is 14.1. The first-order valence-corrected chi connectivity index (χ1v) is 9.29. The van der Waals surface area contributed by atoms with E-state index in [1.807, 2.05) is 61.5 Å². The number of anilines is 1. The molecule has 1 amide bonds. The number of amides is 1. The van der Waals surface area contributed by atoms with Crippen LogP contribution in [0.15, 0.2) is 89.4 Å². The number of ketones is 1. The number of hydrogen-bond donors (Lipinski definition) is 1. The third-order valence-corrected chi connectivity index (χ3v) is 4.67. The van der Waals surface area contributed by atoms with Crippen LogP contribution in [0, 0.1) is 6.92 Å². The maximum atomic E-state index is 12.7. The summed E-state index contributed by atoms with van der Waals surface area (Å²) in [7, 11) is 0. The van der Waals surface area contributed by atoms with Crippen molar-refractivity contribution in [2.75, 3.05) is 5.32 Å². The van der Waals surface area contributed by atoms with E-state index in [-0.39, 0.29) is 11.7 Å². The summed E-state index contributed by atoms with van der Waals surface area (Å²) in [5.41, 5.74) is 3.48. The van der Waals surface area contributed by atoms with Crippen LogP contribution in [0.4, 0.5) is 5.69 Å². The zero-order valence-corrected chi connectivity index (χ0v) is 15.9. The first-order valence-electron chi connectivity index (χ1n) is 9.29. The molecular formula is C25H19NO3. The fraction of sp³-hybridized carbons (Fsp3) is 0.0400. The second-order valence-corrected chi connectivity index (χ2v) is 6.70. The van der Waals surface area contributed by atoms with Gasteiger partial charge in [-0.05, 0) is 30.7 Å². The molecule has 0 fully saturated rings. The Balaban J connectivity index is 1.56. The summed E-state index contributed by atoms with van der Waals surface area (Å²) < 4.78 is 5.85. The third-order valence-electron chi connectivity index (χ3n) is 4.67. The van der Waals surface area contributed by atoms with Crippen molar-refractivity contribution in [1.29, 1.82) is 0 Å². The van der Waals surface area contributed by atoms with Crippen molar-refractivity contribution >= 4 is 34.4 Å². The van der Waals surface area contributed by atoms with Crippen molar-refractivity contribution in [3.05, 3.63) is 107 Å². The fourth-order valence-electron chi connectivity index (χ4n) is 3.16. The van der Waals surface area contributed by atoms with Crippen molar-refractivity contribution < 1.29 is 14.0 Å². The molecular weight excluding hydrogens is 362 g/mol. The topological polar surface area (TPSA) is 59.3 Å². The van der Waals surface area contributed by atoms with Crippen molar-refractivity contribution in [3.8, 4) is 0 Å². The highest BCUT2D eigenvalue weighted by atomic mass is 16.3. The largest absolute Gasteiger partial charge is 0.452 e. The molecule has 0 unspecified atom stereocenters. The minimum Gasteiger partial charge on any atom is -0.452 e. The second-order valence-electron chi connectivity index (χ2n) is 6.70. The lowest BCUT2D eigenvalue weighted by Gasteiger charge is -2.02. The van der Waals surface area contributed by atoms with E-state index in [4.69, 9.17) is 4.42 Å². The Kier molecular flexibility index (Phi) is 5.08. The summed E-state index contributed by atoms with van der Waals surface area (Å²) in [6.45, 7) is 1.86. The number of aryl methyl sites for hydroxylation is 1. The molecule has 0 atom stereocenters. The number of carbonyl (C=O) groups excluding carboxylic acids is 2. The van der Waals surface area contributed by atoms with Gasteiger partial charge in [0.05, 0.1) is 0 Å². The minimum absolute atomic E-state index is 0.157. The minimum atomic E-state index is -0.239. The van der Waals surface area contributed by atoms with Gasteiger partial charge in [0.15, 0.2) is 5.76 Å². The van der Waals surface area contributed by atoms with Gasteiger partial charge in [0.25, 0.3) is 0 Å². The van der Waals surface area contributed by atoms with E-state index >= 15 is 0 Å². The SMILES string of the molecule is Cc1c(C(=O)c2ccccc2)oc2cc(NC(=O)/C=C/c3ccccc3)ccc12. The normalized spacial score (nSPS) is 11.1. The Morgan fingerprint density at radius 1 is 0.897 bits per heavy atom. The van der Waals surface area contributed by atoms with Crippen LogP contribution in [0.5, 0.6) is 0 Å². The average Bonchev–Trinajstić information content (AvgIpc) is 3.09. The molecule has 4 heteroatoms. The molecule has 1 heterocycles. The van der Waals surface area contributed by atoms with Crippen molar-refractivity contribution in [3.63, 3.8) is 0 Å². The van der Waals surface area contributed by atoms with Crippen LogP contribution in [0.3, 0.4) is 0 Å². The van der Waals surface area contributed by atoms with Crippen LogP contribution >= 0.6 is 0 Å². The van der Waals surface area contributed by atoms with Gasteiger partial charge in [-0.1, -0.05) is 60.7 Å². The van der Waals surface area contributed by atoms with Crippen LogP contribution in [-0.4, -0.2) is 11.7 Å². The van der Waals surface area contributed by atoms with E-state index in [0.29, 0.717) is 22.6 Å². The second kappa shape index (κ2) is 7.98. The number of hydrogen-bond acceptors (Lipinski definition) is 3.